The highest BCUT2D eigenvalue weighted by atomic mass is 16.3. The summed E-state index contributed by atoms with van der Waals surface area (Å²) < 4.78 is 6.50. The van der Waals surface area contributed by atoms with Gasteiger partial charge in [-0.25, -0.2) is 15.0 Å². The van der Waals surface area contributed by atoms with Crippen molar-refractivity contribution in [1.29, 1.82) is 0 Å². The van der Waals surface area contributed by atoms with Gasteiger partial charge in [0.2, 0.25) is 0 Å². The maximum atomic E-state index is 6.50. The summed E-state index contributed by atoms with van der Waals surface area (Å²) in [5, 5.41) is 2.16. The fourth-order valence-corrected chi connectivity index (χ4v) is 7.96. The number of rotatable bonds is 5. The standard InChI is InChI=1S/C48H33N3O/c1-48(2)39-23-13-12-21-36(39)43-38(31-17-8-4-9-18-31)27-34(28-40(43)48)47-50-45(32-19-10-5-11-20-32)49-46(51-47)33-25-26-37-42(29-33)52-41-24-14-22-35(44(37)41)30-15-6-3-7-16-30/h3-29H,1-2H3. The first-order valence-electron chi connectivity index (χ1n) is 17.7. The smallest absolute Gasteiger partial charge is 0.164 e. The monoisotopic (exact) mass is 667 g/mol. The van der Waals surface area contributed by atoms with Crippen LogP contribution in [0.1, 0.15) is 25.0 Å². The summed E-state index contributed by atoms with van der Waals surface area (Å²) in [6.07, 6.45) is 0. The van der Waals surface area contributed by atoms with Crippen molar-refractivity contribution in [3.05, 3.63) is 175 Å². The van der Waals surface area contributed by atoms with Crippen molar-refractivity contribution in [3.63, 3.8) is 0 Å². The van der Waals surface area contributed by atoms with Crippen LogP contribution in [0.4, 0.5) is 0 Å². The third-order valence-electron chi connectivity index (χ3n) is 10.5. The zero-order valence-corrected chi connectivity index (χ0v) is 28.8. The lowest BCUT2D eigenvalue weighted by Gasteiger charge is -2.22. The molecule has 0 saturated carbocycles. The molecule has 1 aliphatic rings. The maximum Gasteiger partial charge on any atom is 0.164 e. The first-order valence-corrected chi connectivity index (χ1v) is 17.7. The number of aromatic nitrogens is 3. The first kappa shape index (κ1) is 30.2. The quantitative estimate of drug-likeness (QED) is 0.183. The molecule has 0 amide bonds. The molecule has 1 aliphatic carbocycles. The van der Waals surface area contributed by atoms with Crippen LogP contribution >= 0.6 is 0 Å². The third kappa shape index (κ3) is 4.79. The highest BCUT2D eigenvalue weighted by Gasteiger charge is 2.37. The van der Waals surface area contributed by atoms with Gasteiger partial charge in [0.25, 0.3) is 0 Å². The summed E-state index contributed by atoms with van der Waals surface area (Å²) in [4.78, 5) is 15.4. The van der Waals surface area contributed by atoms with Crippen LogP contribution in [0.15, 0.2) is 168 Å². The van der Waals surface area contributed by atoms with Crippen LogP contribution in [-0.4, -0.2) is 15.0 Å². The SMILES string of the molecule is CC1(C)c2ccccc2-c2c(-c3ccccc3)cc(-c3nc(-c4ccccc4)nc(-c4ccc5c(c4)oc4cccc(-c6ccccc6)c45)n3)cc21. The van der Waals surface area contributed by atoms with E-state index in [0.29, 0.717) is 17.5 Å². The van der Waals surface area contributed by atoms with E-state index in [2.05, 4.69) is 135 Å². The van der Waals surface area contributed by atoms with Gasteiger partial charge in [-0.3, -0.25) is 0 Å². The summed E-state index contributed by atoms with van der Waals surface area (Å²) in [5.74, 6) is 1.85. The van der Waals surface area contributed by atoms with Gasteiger partial charge in [0.05, 0.1) is 0 Å². The van der Waals surface area contributed by atoms with E-state index in [1.54, 1.807) is 0 Å². The summed E-state index contributed by atoms with van der Waals surface area (Å²) in [5.41, 5.74) is 14.0. The lowest BCUT2D eigenvalue weighted by Crippen LogP contribution is -2.15. The average Bonchev–Trinajstić information content (AvgIpc) is 3.70. The molecule has 0 radical (unpaired) electrons. The van der Waals surface area contributed by atoms with Gasteiger partial charge in [0.15, 0.2) is 17.5 Å². The minimum atomic E-state index is -0.200. The highest BCUT2D eigenvalue weighted by molar-refractivity contribution is 6.13. The topological polar surface area (TPSA) is 51.8 Å². The van der Waals surface area contributed by atoms with Crippen LogP contribution in [0.2, 0.25) is 0 Å². The zero-order chi connectivity index (χ0) is 34.8. The van der Waals surface area contributed by atoms with Crippen molar-refractivity contribution < 1.29 is 4.42 Å². The van der Waals surface area contributed by atoms with E-state index in [-0.39, 0.29) is 5.41 Å². The van der Waals surface area contributed by atoms with Gasteiger partial charge in [-0.15, -0.1) is 0 Å². The van der Waals surface area contributed by atoms with Crippen molar-refractivity contribution in [3.8, 4) is 67.5 Å². The molecule has 52 heavy (non-hydrogen) atoms. The Morgan fingerprint density at radius 1 is 0.404 bits per heavy atom. The van der Waals surface area contributed by atoms with Gasteiger partial charge >= 0.3 is 0 Å². The van der Waals surface area contributed by atoms with E-state index in [9.17, 15) is 0 Å². The van der Waals surface area contributed by atoms with Crippen molar-refractivity contribution in [1.82, 2.24) is 15.0 Å². The molecule has 0 fully saturated rings. The molecule has 7 aromatic carbocycles. The number of hydrogen-bond acceptors (Lipinski definition) is 4. The number of hydrogen-bond donors (Lipinski definition) is 0. The Labute approximate surface area is 302 Å². The largest absolute Gasteiger partial charge is 0.456 e. The summed E-state index contributed by atoms with van der Waals surface area (Å²) in [7, 11) is 0. The summed E-state index contributed by atoms with van der Waals surface area (Å²) in [6.45, 7) is 4.63. The summed E-state index contributed by atoms with van der Waals surface area (Å²) >= 11 is 0. The second kappa shape index (κ2) is 11.7. The fraction of sp³-hybridized carbons (Fsp3) is 0.0625. The van der Waals surface area contributed by atoms with E-state index >= 15 is 0 Å². The minimum Gasteiger partial charge on any atom is -0.456 e. The Hall–Kier alpha value is -6.65. The van der Waals surface area contributed by atoms with Gasteiger partial charge in [0.1, 0.15) is 11.2 Å². The molecule has 2 aromatic heterocycles. The van der Waals surface area contributed by atoms with Gasteiger partial charge < -0.3 is 4.42 Å². The van der Waals surface area contributed by atoms with E-state index < -0.39 is 0 Å². The van der Waals surface area contributed by atoms with Crippen LogP contribution in [0, 0.1) is 0 Å². The van der Waals surface area contributed by atoms with Crippen LogP contribution in [-0.2, 0) is 5.41 Å². The number of fused-ring (bicyclic) bond motifs is 6. The normalized spacial score (nSPS) is 13.0. The number of benzene rings is 7. The molecular weight excluding hydrogens is 635 g/mol. The van der Waals surface area contributed by atoms with E-state index in [1.165, 1.54) is 27.8 Å². The molecule has 4 heteroatoms. The molecule has 0 N–H and O–H groups in total. The van der Waals surface area contributed by atoms with E-state index in [4.69, 9.17) is 19.4 Å². The molecule has 4 nitrogen and oxygen atoms in total. The molecular formula is C48H33N3O. The summed E-state index contributed by atoms with van der Waals surface area (Å²) in [6, 6.07) is 57.2. The molecule has 246 valence electrons. The Morgan fingerprint density at radius 2 is 0.981 bits per heavy atom. The van der Waals surface area contributed by atoms with Gasteiger partial charge in [-0.05, 0) is 74.8 Å². The lowest BCUT2D eigenvalue weighted by molar-refractivity contribution is 0.660. The second-order valence-corrected chi connectivity index (χ2v) is 14.0. The van der Waals surface area contributed by atoms with Crippen molar-refractivity contribution >= 4 is 21.9 Å². The molecule has 0 unspecified atom stereocenters. The molecule has 9 aromatic rings. The predicted octanol–water partition coefficient (Wildman–Crippen LogP) is 12.4. The van der Waals surface area contributed by atoms with Crippen LogP contribution in [0.3, 0.4) is 0 Å². The molecule has 0 saturated heterocycles. The molecule has 0 atom stereocenters. The van der Waals surface area contributed by atoms with Crippen LogP contribution < -0.4 is 0 Å². The van der Waals surface area contributed by atoms with Gasteiger partial charge in [-0.2, -0.15) is 0 Å². The Kier molecular flexibility index (Phi) is 6.80. The van der Waals surface area contributed by atoms with Crippen molar-refractivity contribution in [2.75, 3.05) is 0 Å². The second-order valence-electron chi connectivity index (χ2n) is 14.0. The van der Waals surface area contributed by atoms with Gasteiger partial charge in [0, 0.05) is 32.9 Å². The Bertz CT molecular complexity index is 2800. The maximum absolute atomic E-state index is 6.50. The zero-order valence-electron chi connectivity index (χ0n) is 28.8. The first-order chi connectivity index (χ1) is 25.5. The molecule has 0 bridgehead atoms. The molecule has 2 heterocycles. The van der Waals surface area contributed by atoms with Crippen LogP contribution in [0.25, 0.3) is 89.5 Å². The van der Waals surface area contributed by atoms with Gasteiger partial charge in [-0.1, -0.05) is 147 Å². The third-order valence-corrected chi connectivity index (χ3v) is 10.5. The number of furan rings is 1. The fourth-order valence-electron chi connectivity index (χ4n) is 7.96. The molecule has 0 aliphatic heterocycles. The Morgan fingerprint density at radius 3 is 1.69 bits per heavy atom. The average molecular weight is 668 g/mol. The highest BCUT2D eigenvalue weighted by Crippen LogP contribution is 2.53. The van der Waals surface area contributed by atoms with Crippen molar-refractivity contribution in [2.24, 2.45) is 0 Å². The minimum absolute atomic E-state index is 0.200. The van der Waals surface area contributed by atoms with E-state index in [0.717, 1.165) is 55.3 Å². The lowest BCUT2D eigenvalue weighted by atomic mass is 9.81. The molecule has 10 rings (SSSR count). The van der Waals surface area contributed by atoms with Crippen LogP contribution in [0.5, 0.6) is 0 Å². The Balaban J connectivity index is 1.18. The van der Waals surface area contributed by atoms with E-state index in [1.807, 2.05) is 42.5 Å². The number of nitrogens with zero attached hydrogens (tertiary/aromatic N) is 3. The predicted molar refractivity (Wildman–Crippen MR) is 212 cm³/mol. The van der Waals surface area contributed by atoms with Crippen molar-refractivity contribution in [2.45, 2.75) is 19.3 Å². The molecule has 0 spiro atoms.